The molecule has 12 heavy (non-hydrogen) atoms. The normalized spacial score (nSPS) is 42.8. The zero-order valence-corrected chi connectivity index (χ0v) is 6.84. The average Bonchev–Trinajstić information content (AvgIpc) is 1.82. The van der Waals surface area contributed by atoms with Crippen LogP contribution in [-0.2, 0) is 0 Å². The maximum absolute atomic E-state index is 10.2. The monoisotopic (exact) mass is 171 g/mol. The van der Waals surface area contributed by atoms with Gasteiger partial charge < -0.3 is 15.5 Å². The Labute approximate surface area is 70.6 Å². The first kappa shape index (κ1) is 7.86. The molecule has 0 aromatic heterocycles. The van der Waals surface area contributed by atoms with Gasteiger partial charge in [0.2, 0.25) is 0 Å². The molecule has 0 aromatic rings. The van der Waals surface area contributed by atoms with E-state index in [9.17, 15) is 4.79 Å². The third kappa shape index (κ3) is 0.909. The van der Waals surface area contributed by atoms with Crippen LogP contribution >= 0.6 is 0 Å². The van der Waals surface area contributed by atoms with E-state index in [1.165, 1.54) is 0 Å². The molecular weight excluding hydrogens is 158 g/mol. The number of carboxylic acid groups (broad SMARTS) is 1. The third-order valence-electron chi connectivity index (χ3n) is 3.20. The molecule has 0 spiro atoms. The number of carbonyl (C=O) groups is 1. The van der Waals surface area contributed by atoms with Gasteiger partial charge in [-0.05, 0) is 30.1 Å². The molecule has 0 aliphatic heterocycles. The molecule has 0 unspecified atom stereocenters. The van der Waals surface area contributed by atoms with Gasteiger partial charge in [-0.1, -0.05) is 0 Å². The topological polar surface area (TPSA) is 69.6 Å². The highest BCUT2D eigenvalue weighted by Gasteiger charge is 2.66. The van der Waals surface area contributed by atoms with Crippen LogP contribution in [0.15, 0.2) is 0 Å². The minimum atomic E-state index is -0.947. The third-order valence-corrected chi connectivity index (χ3v) is 3.20. The zero-order chi connectivity index (χ0) is 8.82. The van der Waals surface area contributed by atoms with E-state index in [1.807, 2.05) is 0 Å². The Hall–Kier alpha value is -0.770. The van der Waals surface area contributed by atoms with Crippen LogP contribution in [-0.4, -0.2) is 29.5 Å². The highest BCUT2D eigenvalue weighted by atomic mass is 16.4. The number of nitrogens with one attached hydrogen (secondary N) is 1. The van der Waals surface area contributed by atoms with Crippen LogP contribution in [0.3, 0.4) is 0 Å². The molecule has 0 saturated heterocycles. The van der Waals surface area contributed by atoms with Crippen LogP contribution in [0.25, 0.3) is 0 Å². The first-order valence-corrected chi connectivity index (χ1v) is 4.18. The number of aliphatic hydroxyl groups excluding tert-OH is 1. The van der Waals surface area contributed by atoms with E-state index in [1.54, 1.807) is 0 Å². The SMILES string of the molecule is O=C(O)NCC12CC(CO)(C1)C2. The molecule has 68 valence electrons. The molecule has 3 rings (SSSR count). The lowest BCUT2D eigenvalue weighted by molar-refractivity contribution is -0.218. The predicted octanol–water partition coefficient (Wildman–Crippen LogP) is 0.417. The van der Waals surface area contributed by atoms with E-state index in [4.69, 9.17) is 10.2 Å². The maximum Gasteiger partial charge on any atom is 0.404 e. The van der Waals surface area contributed by atoms with Gasteiger partial charge >= 0.3 is 6.09 Å². The van der Waals surface area contributed by atoms with Crippen molar-refractivity contribution in [1.29, 1.82) is 0 Å². The van der Waals surface area contributed by atoms with Gasteiger partial charge in [-0.15, -0.1) is 0 Å². The Morgan fingerprint density at radius 2 is 1.92 bits per heavy atom. The van der Waals surface area contributed by atoms with Gasteiger partial charge in [0.25, 0.3) is 0 Å². The molecule has 4 nitrogen and oxygen atoms in total. The number of hydrogen-bond donors (Lipinski definition) is 3. The lowest BCUT2D eigenvalue weighted by Crippen LogP contribution is -2.66. The fourth-order valence-corrected chi connectivity index (χ4v) is 2.85. The average molecular weight is 171 g/mol. The van der Waals surface area contributed by atoms with Gasteiger partial charge in [0, 0.05) is 13.2 Å². The summed E-state index contributed by atoms with van der Waals surface area (Å²) in [6, 6.07) is 0. The highest BCUT2D eigenvalue weighted by molar-refractivity contribution is 5.64. The number of aliphatic hydroxyl groups is 1. The van der Waals surface area contributed by atoms with E-state index in [0.717, 1.165) is 19.3 Å². The van der Waals surface area contributed by atoms with Crippen molar-refractivity contribution < 1.29 is 15.0 Å². The maximum atomic E-state index is 10.2. The Bertz CT molecular complexity index is 207. The van der Waals surface area contributed by atoms with E-state index in [-0.39, 0.29) is 17.4 Å². The Balaban J connectivity index is 1.77. The van der Waals surface area contributed by atoms with Crippen molar-refractivity contribution in [3.8, 4) is 0 Å². The lowest BCUT2D eigenvalue weighted by Gasteiger charge is -2.70. The molecule has 0 heterocycles. The second-order valence-electron chi connectivity index (χ2n) is 4.35. The van der Waals surface area contributed by atoms with Crippen molar-refractivity contribution in [2.45, 2.75) is 19.3 Å². The second-order valence-corrected chi connectivity index (χ2v) is 4.35. The first-order valence-electron chi connectivity index (χ1n) is 4.18. The smallest absolute Gasteiger partial charge is 0.404 e. The largest absolute Gasteiger partial charge is 0.465 e. The van der Waals surface area contributed by atoms with Crippen LogP contribution < -0.4 is 5.32 Å². The van der Waals surface area contributed by atoms with Crippen molar-refractivity contribution in [3.63, 3.8) is 0 Å². The predicted molar refractivity (Wildman–Crippen MR) is 41.8 cm³/mol. The van der Waals surface area contributed by atoms with Crippen LogP contribution in [0.4, 0.5) is 4.79 Å². The highest BCUT2D eigenvalue weighted by Crippen LogP contribution is 2.72. The van der Waals surface area contributed by atoms with Gasteiger partial charge in [-0.25, -0.2) is 4.79 Å². The standard InChI is InChI=1S/C8H13NO3/c10-5-8-1-7(2-8,3-8)4-9-6(11)12/h9-10H,1-5H2,(H,11,12). The van der Waals surface area contributed by atoms with Crippen LogP contribution in [0.2, 0.25) is 0 Å². The first-order chi connectivity index (χ1) is 5.60. The minimum absolute atomic E-state index is 0.181. The number of hydrogen-bond acceptors (Lipinski definition) is 2. The summed E-state index contributed by atoms with van der Waals surface area (Å²) in [4.78, 5) is 10.2. The molecule has 2 bridgehead atoms. The zero-order valence-electron chi connectivity index (χ0n) is 6.84. The second kappa shape index (κ2) is 2.13. The van der Waals surface area contributed by atoms with E-state index < -0.39 is 6.09 Å². The molecule has 0 atom stereocenters. The fraction of sp³-hybridized carbons (Fsp3) is 0.875. The molecule has 3 N–H and O–H groups in total. The summed E-state index contributed by atoms with van der Waals surface area (Å²) < 4.78 is 0. The van der Waals surface area contributed by atoms with Crippen molar-refractivity contribution in [2.24, 2.45) is 10.8 Å². The Kier molecular flexibility index (Phi) is 1.39. The Morgan fingerprint density at radius 1 is 1.33 bits per heavy atom. The van der Waals surface area contributed by atoms with E-state index in [0.29, 0.717) is 6.54 Å². The minimum Gasteiger partial charge on any atom is -0.465 e. The fourth-order valence-electron chi connectivity index (χ4n) is 2.85. The molecule has 3 fully saturated rings. The summed E-state index contributed by atoms with van der Waals surface area (Å²) in [6.45, 7) is 0.825. The van der Waals surface area contributed by atoms with Crippen LogP contribution in [0, 0.1) is 10.8 Å². The summed E-state index contributed by atoms with van der Waals surface area (Å²) in [5, 5.41) is 19.7. The molecule has 3 aliphatic rings. The lowest BCUT2D eigenvalue weighted by atomic mass is 9.35. The summed E-state index contributed by atoms with van der Waals surface area (Å²) in [6.07, 6.45) is 2.04. The van der Waals surface area contributed by atoms with Crippen LogP contribution in [0.5, 0.6) is 0 Å². The number of amides is 1. The quantitative estimate of drug-likeness (QED) is 0.576. The molecule has 3 saturated carbocycles. The Morgan fingerprint density at radius 3 is 2.33 bits per heavy atom. The van der Waals surface area contributed by atoms with E-state index in [2.05, 4.69) is 5.32 Å². The van der Waals surface area contributed by atoms with E-state index >= 15 is 0 Å². The molecule has 3 aliphatic carbocycles. The molecule has 4 heteroatoms. The van der Waals surface area contributed by atoms with Crippen LogP contribution in [0.1, 0.15) is 19.3 Å². The summed E-state index contributed by atoms with van der Waals surface area (Å²) in [7, 11) is 0. The van der Waals surface area contributed by atoms with Crippen molar-refractivity contribution in [1.82, 2.24) is 5.32 Å². The summed E-state index contributed by atoms with van der Waals surface area (Å²) >= 11 is 0. The van der Waals surface area contributed by atoms with Crippen molar-refractivity contribution in [2.75, 3.05) is 13.2 Å². The summed E-state index contributed by atoms with van der Waals surface area (Å²) in [5.74, 6) is 0. The molecular formula is C8H13NO3. The van der Waals surface area contributed by atoms with Gasteiger partial charge in [-0.2, -0.15) is 0 Å². The van der Waals surface area contributed by atoms with Gasteiger partial charge in [0.1, 0.15) is 0 Å². The summed E-state index contributed by atoms with van der Waals surface area (Å²) in [5.41, 5.74) is 0.390. The molecule has 0 radical (unpaired) electrons. The van der Waals surface area contributed by atoms with Crippen molar-refractivity contribution >= 4 is 6.09 Å². The number of rotatable bonds is 3. The van der Waals surface area contributed by atoms with Gasteiger partial charge in [0.15, 0.2) is 0 Å². The molecule has 0 aromatic carbocycles. The van der Waals surface area contributed by atoms with Gasteiger partial charge in [0.05, 0.1) is 0 Å². The van der Waals surface area contributed by atoms with Crippen molar-refractivity contribution in [3.05, 3.63) is 0 Å². The molecule has 1 amide bonds. The van der Waals surface area contributed by atoms with Gasteiger partial charge in [-0.3, -0.25) is 0 Å².